The van der Waals surface area contributed by atoms with Crippen molar-refractivity contribution >= 4 is 23.3 Å². The number of benzene rings is 1. The Labute approximate surface area is 144 Å². The van der Waals surface area contributed by atoms with Crippen molar-refractivity contribution in [3.8, 4) is 10.6 Å². The van der Waals surface area contributed by atoms with Crippen molar-refractivity contribution in [3.05, 3.63) is 40.9 Å². The van der Waals surface area contributed by atoms with Crippen LogP contribution in [-0.2, 0) is 4.79 Å². The lowest BCUT2D eigenvalue weighted by atomic mass is 10.2. The van der Waals surface area contributed by atoms with Gasteiger partial charge >= 0.3 is 12.0 Å². The minimum Gasteiger partial charge on any atom is -0.481 e. The summed E-state index contributed by atoms with van der Waals surface area (Å²) in [5.41, 5.74) is 1.96. The maximum absolute atomic E-state index is 11.9. The van der Waals surface area contributed by atoms with Gasteiger partial charge in [0.1, 0.15) is 5.01 Å². The Hall–Kier alpha value is -2.41. The van der Waals surface area contributed by atoms with Gasteiger partial charge in [0, 0.05) is 18.5 Å². The molecule has 2 rings (SSSR count). The lowest BCUT2D eigenvalue weighted by Gasteiger charge is -2.13. The van der Waals surface area contributed by atoms with Crippen molar-refractivity contribution < 1.29 is 14.7 Å². The van der Waals surface area contributed by atoms with E-state index in [4.69, 9.17) is 5.11 Å². The number of urea groups is 1. The van der Waals surface area contributed by atoms with Crippen LogP contribution in [0.15, 0.2) is 30.3 Å². The average molecular weight is 347 g/mol. The van der Waals surface area contributed by atoms with Gasteiger partial charge in [-0.1, -0.05) is 30.3 Å². The lowest BCUT2D eigenvalue weighted by Crippen LogP contribution is -2.37. The number of carbonyl (C=O) groups excluding carboxylic acids is 1. The van der Waals surface area contributed by atoms with Crippen LogP contribution in [0.4, 0.5) is 4.79 Å². The van der Waals surface area contributed by atoms with Crippen LogP contribution in [0, 0.1) is 6.92 Å². The van der Waals surface area contributed by atoms with E-state index < -0.39 is 5.97 Å². The number of hydrogen-bond acceptors (Lipinski definition) is 4. The molecule has 6 nitrogen and oxygen atoms in total. The number of aryl methyl sites for hydroxylation is 1. The summed E-state index contributed by atoms with van der Waals surface area (Å²) in [5, 5.41) is 15.0. The maximum atomic E-state index is 11.9. The van der Waals surface area contributed by atoms with Crippen LogP contribution in [0.3, 0.4) is 0 Å². The summed E-state index contributed by atoms with van der Waals surface area (Å²) in [6, 6.07) is 9.45. The summed E-state index contributed by atoms with van der Waals surface area (Å²) in [4.78, 5) is 27.9. The molecule has 2 aromatic rings. The van der Waals surface area contributed by atoms with Crippen LogP contribution in [0.2, 0.25) is 0 Å². The van der Waals surface area contributed by atoms with E-state index >= 15 is 0 Å². The number of hydrogen-bond donors (Lipinski definition) is 3. The normalized spacial score (nSPS) is 11.8. The molecule has 3 N–H and O–H groups in total. The van der Waals surface area contributed by atoms with E-state index in [1.807, 2.05) is 44.2 Å². The molecule has 1 unspecified atom stereocenters. The van der Waals surface area contributed by atoms with E-state index in [2.05, 4.69) is 15.6 Å². The van der Waals surface area contributed by atoms with Crippen molar-refractivity contribution in [2.24, 2.45) is 0 Å². The third-order valence-corrected chi connectivity index (χ3v) is 4.84. The zero-order chi connectivity index (χ0) is 17.5. The molecule has 0 radical (unpaired) electrons. The Balaban J connectivity index is 1.93. The monoisotopic (exact) mass is 347 g/mol. The highest BCUT2D eigenvalue weighted by atomic mass is 32.1. The first-order valence-corrected chi connectivity index (χ1v) is 8.58. The van der Waals surface area contributed by atoms with Crippen molar-refractivity contribution in [1.82, 2.24) is 15.6 Å². The number of carbonyl (C=O) groups is 2. The second-order valence-corrected chi connectivity index (χ2v) is 6.48. The molecule has 0 aliphatic carbocycles. The van der Waals surface area contributed by atoms with Crippen LogP contribution < -0.4 is 10.6 Å². The highest BCUT2D eigenvalue weighted by Gasteiger charge is 2.17. The molecule has 7 heteroatoms. The van der Waals surface area contributed by atoms with Crippen molar-refractivity contribution in [2.45, 2.75) is 32.7 Å². The summed E-state index contributed by atoms with van der Waals surface area (Å²) in [7, 11) is 0. The molecular formula is C17H21N3O3S. The standard InChI is InChI=1S/C17H21N3O3S/c1-11-15(24-16(19-11)13-7-4-3-5-8-13)12(2)20-17(23)18-10-6-9-14(21)22/h3-5,7-8,12H,6,9-10H2,1-2H3,(H,21,22)(H2,18,20,23). The Kier molecular flexibility index (Phi) is 6.31. The molecule has 0 spiro atoms. The fraction of sp³-hybridized carbons (Fsp3) is 0.353. The van der Waals surface area contributed by atoms with Crippen LogP contribution >= 0.6 is 11.3 Å². The number of nitrogens with one attached hydrogen (secondary N) is 2. The minimum atomic E-state index is -0.862. The zero-order valence-electron chi connectivity index (χ0n) is 13.7. The summed E-state index contributed by atoms with van der Waals surface area (Å²) >= 11 is 1.56. The number of nitrogens with zero attached hydrogens (tertiary/aromatic N) is 1. The maximum Gasteiger partial charge on any atom is 0.315 e. The summed E-state index contributed by atoms with van der Waals surface area (Å²) < 4.78 is 0. The fourth-order valence-corrected chi connectivity index (χ4v) is 3.34. The van der Waals surface area contributed by atoms with Gasteiger partial charge in [0.15, 0.2) is 0 Å². The van der Waals surface area contributed by atoms with E-state index in [9.17, 15) is 9.59 Å². The van der Waals surface area contributed by atoms with E-state index in [1.165, 1.54) is 0 Å². The molecule has 128 valence electrons. The van der Waals surface area contributed by atoms with Crippen LogP contribution in [-0.4, -0.2) is 28.6 Å². The molecule has 1 aromatic carbocycles. The fourth-order valence-electron chi connectivity index (χ4n) is 2.27. The first-order chi connectivity index (χ1) is 11.5. The van der Waals surface area contributed by atoms with E-state index in [1.54, 1.807) is 11.3 Å². The Morgan fingerprint density at radius 3 is 2.67 bits per heavy atom. The quantitative estimate of drug-likeness (QED) is 0.670. The van der Waals surface area contributed by atoms with Gasteiger partial charge in [0.2, 0.25) is 0 Å². The van der Waals surface area contributed by atoms with E-state index in [-0.39, 0.29) is 18.5 Å². The molecule has 1 atom stereocenters. The van der Waals surface area contributed by atoms with Gasteiger partial charge in [0.05, 0.1) is 16.6 Å². The summed E-state index contributed by atoms with van der Waals surface area (Å²) in [5.74, 6) is -0.862. The van der Waals surface area contributed by atoms with Gasteiger partial charge in [-0.2, -0.15) is 0 Å². The molecule has 0 saturated heterocycles. The molecule has 0 saturated carbocycles. The summed E-state index contributed by atoms with van der Waals surface area (Å²) in [6.45, 7) is 4.18. The Morgan fingerprint density at radius 1 is 1.29 bits per heavy atom. The zero-order valence-corrected chi connectivity index (χ0v) is 14.5. The molecule has 2 amide bonds. The first-order valence-electron chi connectivity index (χ1n) is 7.76. The third kappa shape index (κ3) is 5.06. The molecular weight excluding hydrogens is 326 g/mol. The van der Waals surface area contributed by atoms with Crippen molar-refractivity contribution in [3.63, 3.8) is 0 Å². The Morgan fingerprint density at radius 2 is 2.00 bits per heavy atom. The molecule has 1 heterocycles. The number of aromatic nitrogens is 1. The molecule has 0 fully saturated rings. The average Bonchev–Trinajstić information content (AvgIpc) is 2.94. The number of rotatable bonds is 7. The smallest absolute Gasteiger partial charge is 0.315 e. The van der Waals surface area contributed by atoms with Crippen LogP contribution in [0.1, 0.15) is 36.4 Å². The van der Waals surface area contributed by atoms with E-state index in [0.29, 0.717) is 13.0 Å². The number of amides is 2. The molecule has 0 bridgehead atoms. The molecule has 0 aliphatic rings. The summed E-state index contributed by atoms with van der Waals surface area (Å²) in [6.07, 6.45) is 0.457. The van der Waals surface area contributed by atoms with Gasteiger partial charge in [0.25, 0.3) is 0 Å². The van der Waals surface area contributed by atoms with Gasteiger partial charge in [-0.05, 0) is 20.3 Å². The minimum absolute atomic E-state index is 0.0459. The lowest BCUT2D eigenvalue weighted by molar-refractivity contribution is -0.137. The number of carboxylic acid groups (broad SMARTS) is 1. The largest absolute Gasteiger partial charge is 0.481 e. The highest BCUT2D eigenvalue weighted by Crippen LogP contribution is 2.31. The van der Waals surface area contributed by atoms with Crippen molar-refractivity contribution in [1.29, 1.82) is 0 Å². The Bertz CT molecular complexity index is 700. The second-order valence-electron chi connectivity index (χ2n) is 5.45. The predicted molar refractivity (Wildman–Crippen MR) is 94.1 cm³/mol. The number of thiazole rings is 1. The first kappa shape index (κ1) is 17.9. The molecule has 0 aliphatic heterocycles. The SMILES string of the molecule is Cc1nc(-c2ccccc2)sc1C(C)NC(=O)NCCCC(=O)O. The predicted octanol–water partition coefficient (Wildman–Crippen LogP) is 3.34. The van der Waals surface area contributed by atoms with E-state index in [0.717, 1.165) is 21.1 Å². The highest BCUT2D eigenvalue weighted by molar-refractivity contribution is 7.15. The van der Waals surface area contributed by atoms with Crippen molar-refractivity contribution in [2.75, 3.05) is 6.54 Å². The van der Waals surface area contributed by atoms with Gasteiger partial charge in [-0.3, -0.25) is 4.79 Å². The van der Waals surface area contributed by atoms with Gasteiger partial charge in [-0.15, -0.1) is 11.3 Å². The topological polar surface area (TPSA) is 91.3 Å². The van der Waals surface area contributed by atoms with Gasteiger partial charge in [-0.25, -0.2) is 9.78 Å². The van der Waals surface area contributed by atoms with Gasteiger partial charge < -0.3 is 15.7 Å². The number of carboxylic acids is 1. The number of aliphatic carboxylic acids is 1. The van der Waals surface area contributed by atoms with Crippen LogP contribution in [0.25, 0.3) is 10.6 Å². The second kappa shape index (κ2) is 8.44. The third-order valence-electron chi connectivity index (χ3n) is 3.45. The molecule has 1 aromatic heterocycles. The van der Waals surface area contributed by atoms with Crippen LogP contribution in [0.5, 0.6) is 0 Å². The molecule has 24 heavy (non-hydrogen) atoms.